The minimum absolute atomic E-state index is 0.0966. The maximum Gasteiger partial charge on any atom is 0.419 e. The van der Waals surface area contributed by atoms with Crippen molar-refractivity contribution in [1.82, 2.24) is 4.98 Å². The summed E-state index contributed by atoms with van der Waals surface area (Å²) in [6, 6.07) is 5.98. The molecule has 2 fully saturated rings. The molecule has 4 rings (SSSR count). The third kappa shape index (κ3) is 4.16. The highest BCUT2D eigenvalue weighted by Gasteiger charge is 2.57. The highest BCUT2D eigenvalue weighted by atomic mass is 35.5. The Kier molecular flexibility index (Phi) is 5.62. The lowest BCUT2D eigenvalue weighted by Gasteiger charge is -2.30. The van der Waals surface area contributed by atoms with Crippen molar-refractivity contribution < 1.29 is 41.0 Å². The van der Waals surface area contributed by atoms with E-state index in [0.717, 1.165) is 18.2 Å². The summed E-state index contributed by atoms with van der Waals surface area (Å²) in [7, 11) is 0. The van der Waals surface area contributed by atoms with Crippen LogP contribution in [0.25, 0.3) is 0 Å². The number of pyridine rings is 1. The Morgan fingerprint density at radius 1 is 1.12 bits per heavy atom. The zero-order valence-corrected chi connectivity index (χ0v) is 16.7. The Balaban J connectivity index is 1.62. The average molecular weight is 481 g/mol. The van der Waals surface area contributed by atoms with E-state index in [1.54, 1.807) is 0 Å². The normalized spacial score (nSPS) is 27.6. The van der Waals surface area contributed by atoms with E-state index in [9.17, 15) is 36.2 Å². The van der Waals surface area contributed by atoms with Crippen LogP contribution < -0.4 is 5.32 Å². The van der Waals surface area contributed by atoms with Crippen LogP contribution in [-0.2, 0) is 21.9 Å². The van der Waals surface area contributed by atoms with Gasteiger partial charge in [-0.05, 0) is 23.8 Å². The lowest BCUT2D eigenvalue weighted by Crippen LogP contribution is -2.41. The number of anilines is 1. The molecule has 32 heavy (non-hydrogen) atoms. The number of nitrogens with zero attached hydrogens (tertiary/aromatic N) is 1. The summed E-state index contributed by atoms with van der Waals surface area (Å²) in [5, 5.41) is 11.7. The topological polar surface area (TPSA) is 71.5 Å². The predicted octanol–water partition coefficient (Wildman–Crippen LogP) is 4.64. The number of carbonyl (C=O) groups excluding carboxylic acids is 1. The van der Waals surface area contributed by atoms with E-state index in [0.29, 0.717) is 6.07 Å². The van der Waals surface area contributed by atoms with Gasteiger partial charge in [0.25, 0.3) is 0 Å². The Bertz CT molecular complexity index is 1040. The summed E-state index contributed by atoms with van der Waals surface area (Å²) < 4.78 is 83.7. The first-order valence-electron chi connectivity index (χ1n) is 9.41. The van der Waals surface area contributed by atoms with Crippen molar-refractivity contribution in [1.29, 1.82) is 0 Å². The Morgan fingerprint density at radius 3 is 2.47 bits per heavy atom. The number of aliphatic hydroxyl groups is 1. The molecule has 12 heteroatoms. The van der Waals surface area contributed by atoms with Crippen LogP contribution in [0.15, 0.2) is 36.4 Å². The number of benzene rings is 1. The van der Waals surface area contributed by atoms with Crippen LogP contribution in [0, 0.1) is 5.92 Å². The fourth-order valence-corrected chi connectivity index (χ4v) is 4.55. The SMILES string of the molecule is O=C(Nc1ccc(C(F)(F)F)c(Cl)n1)[C@H]1[C@H](c2cccc(C(F)(F)F)c2)[C@@H]2O[C@H]1C[C@H]2O. The van der Waals surface area contributed by atoms with Gasteiger partial charge < -0.3 is 15.2 Å². The number of carbonyl (C=O) groups is 1. The summed E-state index contributed by atoms with van der Waals surface area (Å²) in [5.74, 6) is -2.85. The summed E-state index contributed by atoms with van der Waals surface area (Å²) >= 11 is 5.58. The maximum atomic E-state index is 13.2. The summed E-state index contributed by atoms with van der Waals surface area (Å²) in [6.07, 6.45) is -11.9. The van der Waals surface area contributed by atoms with Crippen molar-refractivity contribution in [3.05, 3.63) is 58.2 Å². The van der Waals surface area contributed by atoms with Crippen molar-refractivity contribution in [3.63, 3.8) is 0 Å². The lowest BCUT2D eigenvalue weighted by atomic mass is 9.73. The van der Waals surface area contributed by atoms with E-state index >= 15 is 0 Å². The molecule has 2 bridgehead atoms. The van der Waals surface area contributed by atoms with Crippen LogP contribution in [0.5, 0.6) is 0 Å². The Hall–Kier alpha value is -2.37. The minimum atomic E-state index is -4.73. The minimum Gasteiger partial charge on any atom is -0.390 e. The first-order chi connectivity index (χ1) is 14.9. The molecule has 0 aliphatic carbocycles. The second kappa shape index (κ2) is 7.89. The molecule has 1 aromatic heterocycles. The number of hydrogen-bond acceptors (Lipinski definition) is 4. The van der Waals surface area contributed by atoms with Crippen LogP contribution in [0.1, 0.15) is 29.0 Å². The third-order valence-corrected chi connectivity index (χ3v) is 5.92. The van der Waals surface area contributed by atoms with Crippen molar-refractivity contribution in [2.24, 2.45) is 5.92 Å². The smallest absolute Gasteiger partial charge is 0.390 e. The van der Waals surface area contributed by atoms with Crippen LogP contribution in [0.3, 0.4) is 0 Å². The van der Waals surface area contributed by atoms with E-state index < -0.39 is 64.7 Å². The third-order valence-electron chi connectivity index (χ3n) is 5.63. The molecule has 0 radical (unpaired) electrons. The van der Waals surface area contributed by atoms with Crippen LogP contribution in [-0.4, -0.2) is 34.3 Å². The number of aliphatic hydroxyl groups excluding tert-OH is 1. The largest absolute Gasteiger partial charge is 0.419 e. The highest BCUT2D eigenvalue weighted by Crippen LogP contribution is 2.50. The number of hydrogen-bond donors (Lipinski definition) is 2. The number of halogens is 7. The quantitative estimate of drug-likeness (QED) is 0.496. The van der Waals surface area contributed by atoms with Crippen LogP contribution >= 0.6 is 11.6 Å². The van der Waals surface area contributed by atoms with E-state index in [2.05, 4.69) is 10.3 Å². The molecule has 5 nitrogen and oxygen atoms in total. The molecule has 2 aromatic rings. The number of aromatic nitrogens is 1. The Labute approximate surface area is 182 Å². The van der Waals surface area contributed by atoms with Crippen LogP contribution in [0.2, 0.25) is 5.15 Å². The molecular formula is C20H15ClF6N2O3. The van der Waals surface area contributed by atoms with E-state index in [1.165, 1.54) is 12.1 Å². The van der Waals surface area contributed by atoms with Gasteiger partial charge in [-0.25, -0.2) is 4.98 Å². The molecular weight excluding hydrogens is 466 g/mol. The molecule has 0 spiro atoms. The van der Waals surface area contributed by atoms with Crippen molar-refractivity contribution >= 4 is 23.3 Å². The zero-order chi connectivity index (χ0) is 23.4. The number of ether oxygens (including phenoxy) is 1. The summed E-state index contributed by atoms with van der Waals surface area (Å²) in [4.78, 5) is 16.5. The second-order valence-corrected chi connectivity index (χ2v) is 8.00. The number of alkyl halides is 6. The average Bonchev–Trinajstić information content (AvgIpc) is 3.23. The molecule has 2 N–H and O–H groups in total. The molecule has 2 aliphatic heterocycles. The highest BCUT2D eigenvalue weighted by molar-refractivity contribution is 6.30. The maximum absolute atomic E-state index is 13.2. The fraction of sp³-hybridized carbons (Fsp3) is 0.400. The Morgan fingerprint density at radius 2 is 1.84 bits per heavy atom. The van der Waals surface area contributed by atoms with Gasteiger partial charge in [0, 0.05) is 12.3 Å². The van der Waals surface area contributed by atoms with E-state index in [4.69, 9.17) is 16.3 Å². The molecule has 1 amide bonds. The molecule has 2 aliphatic rings. The standard InChI is InChI=1S/C20H15ClF6N2O3/c21-17-10(20(25,26)27)4-5-13(28-17)29-18(31)15-12-7-11(30)16(32-12)14(15)8-2-1-3-9(6-8)19(22,23)24/h1-6,11-12,14-16,30H,7H2,(H,28,29,31)/t11-,12+,14+,15-,16-/m1/s1. The number of rotatable bonds is 3. The molecule has 0 saturated carbocycles. The van der Waals surface area contributed by atoms with Gasteiger partial charge in [-0.3, -0.25) is 4.79 Å². The molecule has 5 atom stereocenters. The number of fused-ring (bicyclic) bond motifs is 2. The van der Waals surface area contributed by atoms with Gasteiger partial charge >= 0.3 is 12.4 Å². The first-order valence-corrected chi connectivity index (χ1v) is 9.79. The van der Waals surface area contributed by atoms with Gasteiger partial charge in [0.1, 0.15) is 11.0 Å². The molecule has 1 aromatic carbocycles. The molecule has 3 heterocycles. The number of amides is 1. The van der Waals surface area contributed by atoms with Gasteiger partial charge in [-0.1, -0.05) is 29.8 Å². The van der Waals surface area contributed by atoms with Gasteiger partial charge in [-0.2, -0.15) is 26.3 Å². The fourth-order valence-electron chi connectivity index (χ4n) is 4.29. The van der Waals surface area contributed by atoms with Gasteiger partial charge in [0.15, 0.2) is 0 Å². The van der Waals surface area contributed by atoms with Crippen LogP contribution in [0.4, 0.5) is 32.2 Å². The predicted molar refractivity (Wildman–Crippen MR) is 99.8 cm³/mol. The number of nitrogens with one attached hydrogen (secondary N) is 1. The van der Waals surface area contributed by atoms with Gasteiger partial charge in [0.2, 0.25) is 5.91 Å². The molecule has 0 unspecified atom stereocenters. The van der Waals surface area contributed by atoms with E-state index in [1.807, 2.05) is 0 Å². The second-order valence-electron chi connectivity index (χ2n) is 7.64. The molecule has 2 saturated heterocycles. The lowest BCUT2D eigenvalue weighted by molar-refractivity contribution is -0.138. The van der Waals surface area contributed by atoms with Gasteiger partial charge in [0.05, 0.1) is 35.4 Å². The first kappa shape index (κ1) is 22.8. The van der Waals surface area contributed by atoms with Gasteiger partial charge in [-0.15, -0.1) is 0 Å². The zero-order valence-electron chi connectivity index (χ0n) is 15.9. The van der Waals surface area contributed by atoms with E-state index in [-0.39, 0.29) is 17.8 Å². The van der Waals surface area contributed by atoms with Crippen molar-refractivity contribution in [3.8, 4) is 0 Å². The van der Waals surface area contributed by atoms with Crippen molar-refractivity contribution in [2.45, 2.75) is 43.0 Å². The summed E-state index contributed by atoms with van der Waals surface area (Å²) in [5.41, 5.74) is -1.93. The van der Waals surface area contributed by atoms with Crippen molar-refractivity contribution in [2.75, 3.05) is 5.32 Å². The summed E-state index contributed by atoms with van der Waals surface area (Å²) in [6.45, 7) is 0. The molecule has 172 valence electrons. The monoisotopic (exact) mass is 480 g/mol.